The van der Waals surface area contributed by atoms with Crippen LogP contribution in [0.3, 0.4) is 0 Å². The van der Waals surface area contributed by atoms with E-state index >= 15 is 0 Å². The first-order chi connectivity index (χ1) is 7.61. The molecule has 0 bridgehead atoms. The fourth-order valence-electron chi connectivity index (χ4n) is 1.72. The number of hydrogen-bond acceptors (Lipinski definition) is 3. The van der Waals surface area contributed by atoms with Crippen molar-refractivity contribution in [1.29, 1.82) is 0 Å². The van der Waals surface area contributed by atoms with Gasteiger partial charge in [0.2, 0.25) is 5.91 Å². The first-order valence-corrected chi connectivity index (χ1v) is 6.14. The van der Waals surface area contributed by atoms with Crippen LogP contribution >= 0.6 is 0 Å². The summed E-state index contributed by atoms with van der Waals surface area (Å²) in [5.74, 6) is 0.740. The second kappa shape index (κ2) is 6.86. The fraction of sp³-hybridized carbons (Fsp3) is 0.917. The zero-order valence-corrected chi connectivity index (χ0v) is 10.6. The van der Waals surface area contributed by atoms with Gasteiger partial charge in [0.15, 0.2) is 0 Å². The van der Waals surface area contributed by atoms with Crippen LogP contribution in [0.4, 0.5) is 0 Å². The predicted octanol–water partition coefficient (Wildman–Crippen LogP) is 0.916. The topological polar surface area (TPSA) is 50.4 Å². The van der Waals surface area contributed by atoms with Crippen LogP contribution in [0, 0.1) is 5.92 Å². The van der Waals surface area contributed by atoms with Crippen molar-refractivity contribution in [2.24, 2.45) is 5.92 Å². The summed E-state index contributed by atoms with van der Waals surface area (Å²) in [7, 11) is 1.74. The van der Waals surface area contributed by atoms with Crippen molar-refractivity contribution in [2.45, 2.75) is 45.3 Å². The first kappa shape index (κ1) is 13.5. The lowest BCUT2D eigenvalue weighted by atomic mass is 9.89. The average Bonchev–Trinajstić information content (AvgIpc) is 2.15. The Bertz CT molecular complexity index is 213. The quantitative estimate of drug-likeness (QED) is 0.681. The van der Waals surface area contributed by atoms with Gasteiger partial charge in [0.1, 0.15) is 0 Å². The molecule has 0 radical (unpaired) electrons. The highest BCUT2D eigenvalue weighted by Crippen LogP contribution is 2.21. The number of carbonyl (C=O) groups is 1. The molecule has 1 amide bonds. The van der Waals surface area contributed by atoms with Crippen LogP contribution in [0.15, 0.2) is 0 Å². The molecule has 2 N–H and O–H groups in total. The molecule has 94 valence electrons. The van der Waals surface area contributed by atoms with E-state index in [1.165, 1.54) is 0 Å². The van der Waals surface area contributed by atoms with Gasteiger partial charge in [-0.3, -0.25) is 4.79 Å². The molecule has 1 fully saturated rings. The van der Waals surface area contributed by atoms with Crippen LogP contribution in [0.5, 0.6) is 0 Å². The lowest BCUT2D eigenvalue weighted by Gasteiger charge is -2.34. The van der Waals surface area contributed by atoms with Gasteiger partial charge in [0.05, 0.1) is 12.6 Å². The summed E-state index contributed by atoms with van der Waals surface area (Å²) in [6.07, 6.45) is 3.48. The molecule has 0 aliphatic heterocycles. The van der Waals surface area contributed by atoms with Crippen molar-refractivity contribution >= 4 is 5.91 Å². The largest absolute Gasteiger partial charge is 0.381 e. The van der Waals surface area contributed by atoms with E-state index in [1.54, 1.807) is 7.11 Å². The van der Waals surface area contributed by atoms with E-state index in [0.717, 1.165) is 25.8 Å². The molecule has 1 rings (SSSR count). The van der Waals surface area contributed by atoms with Gasteiger partial charge in [-0.2, -0.15) is 0 Å². The number of hydrogen-bond donors (Lipinski definition) is 2. The predicted molar refractivity (Wildman–Crippen MR) is 64.3 cm³/mol. The SMILES string of the molecule is COC1CC(NCC(=O)NCCC(C)C)C1. The standard InChI is InChI=1S/C12H24N2O2/c1-9(2)4-5-13-12(15)8-14-10-6-11(7-10)16-3/h9-11,14H,4-8H2,1-3H3,(H,13,15). The Labute approximate surface area is 98.1 Å². The van der Waals surface area contributed by atoms with E-state index in [2.05, 4.69) is 24.5 Å². The average molecular weight is 228 g/mol. The zero-order chi connectivity index (χ0) is 12.0. The summed E-state index contributed by atoms with van der Waals surface area (Å²) in [5, 5.41) is 6.14. The lowest BCUT2D eigenvalue weighted by molar-refractivity contribution is -0.120. The molecule has 4 heteroatoms. The number of rotatable bonds is 7. The molecular formula is C12H24N2O2. The Hall–Kier alpha value is -0.610. The maximum atomic E-state index is 11.4. The lowest BCUT2D eigenvalue weighted by Crippen LogP contribution is -2.48. The zero-order valence-electron chi connectivity index (χ0n) is 10.6. The molecule has 0 aromatic heterocycles. The van der Waals surface area contributed by atoms with Gasteiger partial charge >= 0.3 is 0 Å². The van der Waals surface area contributed by atoms with E-state index in [0.29, 0.717) is 24.6 Å². The molecule has 0 spiro atoms. The van der Waals surface area contributed by atoms with Crippen LogP contribution < -0.4 is 10.6 Å². The summed E-state index contributed by atoms with van der Waals surface area (Å²) in [5.41, 5.74) is 0. The van der Waals surface area contributed by atoms with E-state index in [-0.39, 0.29) is 5.91 Å². The Morgan fingerprint density at radius 3 is 2.69 bits per heavy atom. The van der Waals surface area contributed by atoms with Gasteiger partial charge in [0, 0.05) is 19.7 Å². The van der Waals surface area contributed by atoms with Gasteiger partial charge in [0.25, 0.3) is 0 Å². The van der Waals surface area contributed by atoms with Crippen LogP contribution in [0.25, 0.3) is 0 Å². The van der Waals surface area contributed by atoms with Gasteiger partial charge in [-0.1, -0.05) is 13.8 Å². The summed E-state index contributed by atoms with van der Waals surface area (Å²) < 4.78 is 5.17. The molecule has 0 aromatic carbocycles. The summed E-state index contributed by atoms with van der Waals surface area (Å²) in [6, 6.07) is 0.459. The minimum atomic E-state index is 0.0986. The van der Waals surface area contributed by atoms with Crippen LogP contribution in [-0.2, 0) is 9.53 Å². The molecule has 0 heterocycles. The molecule has 1 saturated carbocycles. The van der Waals surface area contributed by atoms with Crippen molar-refractivity contribution in [3.63, 3.8) is 0 Å². The first-order valence-electron chi connectivity index (χ1n) is 6.14. The number of amides is 1. The second-order valence-corrected chi connectivity index (χ2v) is 4.94. The van der Waals surface area contributed by atoms with Crippen molar-refractivity contribution < 1.29 is 9.53 Å². The normalized spacial score (nSPS) is 24.2. The van der Waals surface area contributed by atoms with E-state index in [9.17, 15) is 4.79 Å². The van der Waals surface area contributed by atoms with Crippen LogP contribution in [0.1, 0.15) is 33.1 Å². The van der Waals surface area contributed by atoms with Gasteiger partial charge in [-0.05, 0) is 25.2 Å². The third kappa shape index (κ3) is 4.94. The molecule has 4 nitrogen and oxygen atoms in total. The Balaban J connectivity index is 1.95. The van der Waals surface area contributed by atoms with E-state index in [1.807, 2.05) is 0 Å². The van der Waals surface area contributed by atoms with Crippen molar-refractivity contribution in [2.75, 3.05) is 20.2 Å². The van der Waals surface area contributed by atoms with E-state index < -0.39 is 0 Å². The number of ether oxygens (including phenoxy) is 1. The third-order valence-electron chi connectivity index (χ3n) is 3.02. The monoisotopic (exact) mass is 228 g/mol. The van der Waals surface area contributed by atoms with Gasteiger partial charge < -0.3 is 15.4 Å². The summed E-state index contributed by atoms with van der Waals surface area (Å²) in [6.45, 7) is 5.52. The van der Waals surface area contributed by atoms with Crippen LogP contribution in [-0.4, -0.2) is 38.3 Å². The molecular weight excluding hydrogens is 204 g/mol. The minimum absolute atomic E-state index is 0.0986. The fourth-order valence-corrected chi connectivity index (χ4v) is 1.72. The van der Waals surface area contributed by atoms with Gasteiger partial charge in [-0.15, -0.1) is 0 Å². The van der Waals surface area contributed by atoms with E-state index in [4.69, 9.17) is 4.74 Å². The number of methoxy groups -OCH3 is 1. The van der Waals surface area contributed by atoms with Crippen LogP contribution in [0.2, 0.25) is 0 Å². The number of carbonyl (C=O) groups excluding carboxylic acids is 1. The highest BCUT2D eigenvalue weighted by atomic mass is 16.5. The van der Waals surface area contributed by atoms with Crippen molar-refractivity contribution in [3.05, 3.63) is 0 Å². The molecule has 0 atom stereocenters. The highest BCUT2D eigenvalue weighted by Gasteiger charge is 2.28. The van der Waals surface area contributed by atoms with Crippen molar-refractivity contribution in [1.82, 2.24) is 10.6 Å². The third-order valence-corrected chi connectivity index (χ3v) is 3.02. The molecule has 16 heavy (non-hydrogen) atoms. The second-order valence-electron chi connectivity index (χ2n) is 4.94. The molecule has 0 unspecified atom stereocenters. The van der Waals surface area contributed by atoms with Crippen molar-refractivity contribution in [3.8, 4) is 0 Å². The molecule has 1 aliphatic carbocycles. The van der Waals surface area contributed by atoms with Gasteiger partial charge in [-0.25, -0.2) is 0 Å². The highest BCUT2D eigenvalue weighted by molar-refractivity contribution is 5.77. The maximum absolute atomic E-state index is 11.4. The number of nitrogens with one attached hydrogen (secondary N) is 2. The molecule has 0 saturated heterocycles. The maximum Gasteiger partial charge on any atom is 0.233 e. The summed E-state index contributed by atoms with van der Waals surface area (Å²) in [4.78, 5) is 11.4. The molecule has 1 aliphatic rings. The minimum Gasteiger partial charge on any atom is -0.381 e. The smallest absolute Gasteiger partial charge is 0.233 e. The summed E-state index contributed by atoms with van der Waals surface area (Å²) >= 11 is 0. The molecule has 0 aromatic rings. The Morgan fingerprint density at radius 1 is 1.44 bits per heavy atom. The Kier molecular flexibility index (Phi) is 5.77. The Morgan fingerprint density at radius 2 is 2.12 bits per heavy atom.